The molecule has 0 spiro atoms. The standard InChI is InChI=1S/C20H21Cl2N3O3/c1-13(25-20(28)15-8-5-9-16(21)18(15)22)19(27)23-11-10-17(26)24-12-14-6-3-2-4-7-14/h2-9,13H,10-12H2,1H3,(H,23,27)(H,24,26)(H,25,28). The predicted octanol–water partition coefficient (Wildman–Crippen LogP) is 2.93. The van der Waals surface area contributed by atoms with E-state index < -0.39 is 17.9 Å². The van der Waals surface area contributed by atoms with E-state index in [-0.39, 0.29) is 34.5 Å². The number of carbonyl (C=O) groups is 3. The van der Waals surface area contributed by atoms with E-state index in [4.69, 9.17) is 23.2 Å². The van der Waals surface area contributed by atoms with Crippen LogP contribution in [0, 0.1) is 0 Å². The van der Waals surface area contributed by atoms with Crippen LogP contribution in [0.15, 0.2) is 48.5 Å². The summed E-state index contributed by atoms with van der Waals surface area (Å²) in [5, 5.41) is 8.34. The summed E-state index contributed by atoms with van der Waals surface area (Å²) in [6, 6.07) is 13.4. The molecule has 0 radical (unpaired) electrons. The fourth-order valence-corrected chi connectivity index (χ4v) is 2.74. The van der Waals surface area contributed by atoms with Crippen LogP contribution >= 0.6 is 23.2 Å². The molecule has 1 unspecified atom stereocenters. The number of hydrogen-bond donors (Lipinski definition) is 3. The van der Waals surface area contributed by atoms with Crippen LogP contribution in [0.4, 0.5) is 0 Å². The second-order valence-electron chi connectivity index (χ2n) is 6.10. The van der Waals surface area contributed by atoms with Crippen LogP contribution < -0.4 is 16.0 Å². The highest BCUT2D eigenvalue weighted by atomic mass is 35.5. The number of benzene rings is 2. The first kappa shape index (κ1) is 21.7. The molecule has 3 amide bonds. The lowest BCUT2D eigenvalue weighted by molar-refractivity contribution is -0.123. The fraction of sp³-hybridized carbons (Fsp3) is 0.250. The number of hydrogen-bond acceptors (Lipinski definition) is 3. The summed E-state index contributed by atoms with van der Waals surface area (Å²) >= 11 is 11.9. The van der Waals surface area contributed by atoms with E-state index in [1.807, 2.05) is 30.3 Å². The molecule has 0 aliphatic carbocycles. The van der Waals surface area contributed by atoms with Crippen molar-refractivity contribution in [2.45, 2.75) is 25.9 Å². The molecule has 2 aromatic rings. The zero-order chi connectivity index (χ0) is 20.5. The molecule has 1 atom stereocenters. The lowest BCUT2D eigenvalue weighted by Gasteiger charge is -2.15. The minimum absolute atomic E-state index is 0.129. The van der Waals surface area contributed by atoms with Crippen molar-refractivity contribution in [1.82, 2.24) is 16.0 Å². The lowest BCUT2D eigenvalue weighted by Crippen LogP contribution is -2.45. The van der Waals surface area contributed by atoms with Gasteiger partial charge in [0, 0.05) is 19.5 Å². The maximum atomic E-state index is 12.2. The average molecular weight is 422 g/mol. The van der Waals surface area contributed by atoms with E-state index in [1.165, 1.54) is 6.07 Å². The third kappa shape index (κ3) is 6.55. The Bertz CT molecular complexity index is 844. The number of rotatable bonds is 8. The zero-order valence-electron chi connectivity index (χ0n) is 15.3. The van der Waals surface area contributed by atoms with Crippen LogP contribution in [0.3, 0.4) is 0 Å². The first-order chi connectivity index (χ1) is 13.4. The van der Waals surface area contributed by atoms with Crippen molar-refractivity contribution in [3.05, 3.63) is 69.7 Å². The highest BCUT2D eigenvalue weighted by molar-refractivity contribution is 6.43. The van der Waals surface area contributed by atoms with Gasteiger partial charge in [0.1, 0.15) is 6.04 Å². The summed E-state index contributed by atoms with van der Waals surface area (Å²) in [4.78, 5) is 36.2. The van der Waals surface area contributed by atoms with Crippen LogP contribution in [-0.2, 0) is 16.1 Å². The molecule has 6 nitrogen and oxygen atoms in total. The molecule has 2 aromatic carbocycles. The molecule has 3 N–H and O–H groups in total. The second kappa shape index (κ2) is 10.7. The van der Waals surface area contributed by atoms with Crippen molar-refractivity contribution in [1.29, 1.82) is 0 Å². The van der Waals surface area contributed by atoms with Gasteiger partial charge in [0.05, 0.1) is 15.6 Å². The van der Waals surface area contributed by atoms with Crippen molar-refractivity contribution in [3.63, 3.8) is 0 Å². The molecule has 0 fully saturated rings. The topological polar surface area (TPSA) is 87.3 Å². The van der Waals surface area contributed by atoms with Crippen molar-refractivity contribution in [3.8, 4) is 0 Å². The molecule has 2 rings (SSSR count). The molecular formula is C20H21Cl2N3O3. The minimum atomic E-state index is -0.796. The average Bonchev–Trinajstić information content (AvgIpc) is 2.69. The summed E-state index contributed by atoms with van der Waals surface area (Å²) in [5.74, 6) is -1.08. The molecule has 0 aliphatic rings. The molecule has 0 saturated heterocycles. The van der Waals surface area contributed by atoms with Crippen molar-refractivity contribution >= 4 is 40.9 Å². The molecule has 28 heavy (non-hydrogen) atoms. The third-order valence-corrected chi connectivity index (χ3v) is 4.74. The molecule has 0 heterocycles. The van der Waals surface area contributed by atoms with Crippen LogP contribution in [-0.4, -0.2) is 30.3 Å². The maximum Gasteiger partial charge on any atom is 0.253 e. The van der Waals surface area contributed by atoms with E-state index >= 15 is 0 Å². The van der Waals surface area contributed by atoms with Gasteiger partial charge in [0.25, 0.3) is 5.91 Å². The van der Waals surface area contributed by atoms with Crippen molar-refractivity contribution < 1.29 is 14.4 Å². The maximum absolute atomic E-state index is 12.2. The summed E-state index contributed by atoms with van der Waals surface area (Å²) in [5.41, 5.74) is 1.19. The van der Waals surface area contributed by atoms with E-state index in [0.717, 1.165) is 5.56 Å². The summed E-state index contributed by atoms with van der Waals surface area (Å²) < 4.78 is 0. The molecule has 0 bridgehead atoms. The Morgan fingerprint density at radius 3 is 2.39 bits per heavy atom. The molecule has 0 saturated carbocycles. The van der Waals surface area contributed by atoms with Gasteiger partial charge in [-0.2, -0.15) is 0 Å². The second-order valence-corrected chi connectivity index (χ2v) is 6.89. The lowest BCUT2D eigenvalue weighted by atomic mass is 10.2. The Kier molecular flexibility index (Phi) is 8.29. The van der Waals surface area contributed by atoms with Gasteiger partial charge in [-0.05, 0) is 24.6 Å². The molecular weight excluding hydrogens is 401 g/mol. The smallest absolute Gasteiger partial charge is 0.253 e. The van der Waals surface area contributed by atoms with Gasteiger partial charge in [-0.25, -0.2) is 0 Å². The quantitative estimate of drug-likeness (QED) is 0.612. The van der Waals surface area contributed by atoms with Crippen LogP contribution in [0.25, 0.3) is 0 Å². The van der Waals surface area contributed by atoms with Gasteiger partial charge in [-0.15, -0.1) is 0 Å². The van der Waals surface area contributed by atoms with Gasteiger partial charge >= 0.3 is 0 Å². The molecule has 148 valence electrons. The first-order valence-electron chi connectivity index (χ1n) is 8.71. The zero-order valence-corrected chi connectivity index (χ0v) is 16.8. The Morgan fingerprint density at radius 1 is 0.964 bits per heavy atom. The summed E-state index contributed by atoms with van der Waals surface area (Å²) in [6.45, 7) is 2.14. The van der Waals surface area contributed by atoms with Gasteiger partial charge in [-0.1, -0.05) is 59.6 Å². The normalized spacial score (nSPS) is 11.4. The van der Waals surface area contributed by atoms with E-state index in [2.05, 4.69) is 16.0 Å². The van der Waals surface area contributed by atoms with Gasteiger partial charge in [-0.3, -0.25) is 14.4 Å². The van der Waals surface area contributed by atoms with Crippen molar-refractivity contribution in [2.24, 2.45) is 0 Å². The van der Waals surface area contributed by atoms with E-state index in [0.29, 0.717) is 6.54 Å². The summed E-state index contributed by atoms with van der Waals surface area (Å²) in [7, 11) is 0. The highest BCUT2D eigenvalue weighted by Gasteiger charge is 2.19. The molecule has 8 heteroatoms. The highest BCUT2D eigenvalue weighted by Crippen LogP contribution is 2.25. The van der Waals surface area contributed by atoms with E-state index in [9.17, 15) is 14.4 Å². The van der Waals surface area contributed by atoms with Crippen LogP contribution in [0.1, 0.15) is 29.3 Å². The molecule has 0 aliphatic heterocycles. The van der Waals surface area contributed by atoms with Crippen molar-refractivity contribution in [2.75, 3.05) is 6.54 Å². The minimum Gasteiger partial charge on any atom is -0.354 e. The van der Waals surface area contributed by atoms with Crippen LogP contribution in [0.5, 0.6) is 0 Å². The Balaban J connectivity index is 1.72. The Morgan fingerprint density at radius 2 is 1.68 bits per heavy atom. The fourth-order valence-electron chi connectivity index (χ4n) is 2.36. The van der Waals surface area contributed by atoms with E-state index in [1.54, 1.807) is 19.1 Å². The van der Waals surface area contributed by atoms with Gasteiger partial charge in [0.2, 0.25) is 11.8 Å². The monoisotopic (exact) mass is 421 g/mol. The van der Waals surface area contributed by atoms with Gasteiger partial charge in [0.15, 0.2) is 0 Å². The Hall–Kier alpha value is -2.57. The number of nitrogens with one attached hydrogen (secondary N) is 3. The third-order valence-electron chi connectivity index (χ3n) is 3.92. The SMILES string of the molecule is CC(NC(=O)c1cccc(Cl)c1Cl)C(=O)NCCC(=O)NCc1ccccc1. The largest absolute Gasteiger partial charge is 0.354 e. The number of carbonyl (C=O) groups excluding carboxylic acids is 3. The Labute approximate surface area is 173 Å². The summed E-state index contributed by atoms with van der Waals surface area (Å²) in [6.07, 6.45) is 0.138. The molecule has 0 aromatic heterocycles. The van der Waals surface area contributed by atoms with Gasteiger partial charge < -0.3 is 16.0 Å². The number of amides is 3. The predicted molar refractivity (Wildman–Crippen MR) is 109 cm³/mol. The first-order valence-corrected chi connectivity index (χ1v) is 9.47. The van der Waals surface area contributed by atoms with Crippen LogP contribution in [0.2, 0.25) is 10.0 Å². The number of halogens is 2.